The minimum atomic E-state index is -0.0181. The van der Waals surface area contributed by atoms with Crippen LogP contribution in [0.15, 0.2) is 46.7 Å². The highest BCUT2D eigenvalue weighted by Gasteiger charge is 2.32. The van der Waals surface area contributed by atoms with Crippen molar-refractivity contribution >= 4 is 39.9 Å². The molecule has 0 unspecified atom stereocenters. The zero-order chi connectivity index (χ0) is 16.6. The number of fused-ring (bicyclic) bond motifs is 1. The van der Waals surface area contributed by atoms with Gasteiger partial charge in [-0.1, -0.05) is 36.1 Å². The van der Waals surface area contributed by atoms with Gasteiger partial charge in [0.1, 0.15) is 4.32 Å². The van der Waals surface area contributed by atoms with Gasteiger partial charge in [-0.15, -0.1) is 0 Å². The molecule has 0 N–H and O–H groups in total. The molecule has 1 aromatic carbocycles. The summed E-state index contributed by atoms with van der Waals surface area (Å²) in [7, 11) is 0. The van der Waals surface area contributed by atoms with Gasteiger partial charge in [0.2, 0.25) is 5.88 Å². The predicted octanol–water partition coefficient (Wildman–Crippen LogP) is 3.90. The van der Waals surface area contributed by atoms with Crippen molar-refractivity contribution in [1.29, 1.82) is 0 Å². The molecule has 0 aliphatic carbocycles. The molecule has 1 aromatic rings. The third-order valence-corrected chi connectivity index (χ3v) is 5.38. The zero-order valence-electron chi connectivity index (χ0n) is 13.3. The van der Waals surface area contributed by atoms with Crippen molar-refractivity contribution in [3.05, 3.63) is 46.7 Å². The fourth-order valence-corrected chi connectivity index (χ4v) is 4.03. The number of rotatable bonds is 3. The van der Waals surface area contributed by atoms with E-state index in [2.05, 4.69) is 11.8 Å². The van der Waals surface area contributed by atoms with Crippen molar-refractivity contribution in [3.63, 3.8) is 0 Å². The Kier molecular flexibility index (Phi) is 4.46. The molecule has 1 fully saturated rings. The van der Waals surface area contributed by atoms with Gasteiger partial charge in [0, 0.05) is 19.2 Å². The number of likely N-dealkylation sites (N-methyl/N-ethyl adjacent to an activating group) is 1. The van der Waals surface area contributed by atoms with E-state index in [0.29, 0.717) is 15.8 Å². The maximum Gasteiger partial charge on any atom is 0.266 e. The summed E-state index contributed by atoms with van der Waals surface area (Å²) < 4.78 is 6.56. The number of carbonyl (C=O) groups is 1. The van der Waals surface area contributed by atoms with E-state index in [4.69, 9.17) is 17.0 Å². The highest BCUT2D eigenvalue weighted by Crippen LogP contribution is 2.40. The fourth-order valence-electron chi connectivity index (χ4n) is 2.65. The van der Waals surface area contributed by atoms with Gasteiger partial charge in [-0.2, -0.15) is 0 Å². The summed E-state index contributed by atoms with van der Waals surface area (Å²) in [6.07, 6.45) is 1.92. The van der Waals surface area contributed by atoms with Gasteiger partial charge in [0.25, 0.3) is 5.91 Å². The quantitative estimate of drug-likeness (QED) is 0.612. The number of anilines is 1. The zero-order valence-corrected chi connectivity index (χ0v) is 15.0. The van der Waals surface area contributed by atoms with Crippen LogP contribution in [0.4, 0.5) is 5.69 Å². The van der Waals surface area contributed by atoms with Crippen molar-refractivity contribution in [2.24, 2.45) is 0 Å². The second-order valence-electron chi connectivity index (χ2n) is 5.23. The van der Waals surface area contributed by atoms with Gasteiger partial charge < -0.3 is 9.64 Å². The van der Waals surface area contributed by atoms with Crippen molar-refractivity contribution in [1.82, 2.24) is 4.90 Å². The summed E-state index contributed by atoms with van der Waals surface area (Å²) in [4.78, 5) is 16.8. The largest absolute Gasteiger partial charge is 0.439 e. The molecule has 0 aromatic heterocycles. The van der Waals surface area contributed by atoms with Crippen LogP contribution in [-0.2, 0) is 4.79 Å². The molecule has 6 heteroatoms. The van der Waals surface area contributed by atoms with E-state index in [9.17, 15) is 4.79 Å². The van der Waals surface area contributed by atoms with Gasteiger partial charge in [0.15, 0.2) is 5.75 Å². The minimum absolute atomic E-state index is 0.0181. The number of nitrogens with zero attached hydrogens (tertiary/aromatic N) is 2. The van der Waals surface area contributed by atoms with E-state index in [1.807, 2.05) is 44.2 Å². The second kappa shape index (κ2) is 6.37. The van der Waals surface area contributed by atoms with Gasteiger partial charge >= 0.3 is 0 Å². The van der Waals surface area contributed by atoms with Gasteiger partial charge in [-0.25, -0.2) is 0 Å². The molecule has 23 heavy (non-hydrogen) atoms. The lowest BCUT2D eigenvalue weighted by molar-refractivity contribution is -0.122. The number of benzene rings is 1. The van der Waals surface area contributed by atoms with Gasteiger partial charge in [0.05, 0.1) is 10.6 Å². The molecule has 3 rings (SSSR count). The van der Waals surface area contributed by atoms with Crippen LogP contribution in [0, 0.1) is 0 Å². The molecule has 0 spiro atoms. The lowest BCUT2D eigenvalue weighted by atomic mass is 10.2. The number of ether oxygens (including phenoxy) is 1. The number of allylic oxidation sites excluding steroid dienone is 2. The summed E-state index contributed by atoms with van der Waals surface area (Å²) in [6, 6.07) is 7.93. The Morgan fingerprint density at radius 1 is 1.26 bits per heavy atom. The molecule has 0 bridgehead atoms. The summed E-state index contributed by atoms with van der Waals surface area (Å²) in [5, 5.41) is 0. The Morgan fingerprint density at radius 3 is 2.61 bits per heavy atom. The standard InChI is InChI=1S/C17H18N2O2S2/c1-4-18-12-8-6-7-9-13(12)21-14(18)10-11(3)15-16(20)19(5-2)17(22)23-15/h6-10H,4-5H2,1-3H3/b14-10+,15-11-. The topological polar surface area (TPSA) is 32.8 Å². The Balaban J connectivity index is 1.95. The van der Waals surface area contributed by atoms with Crippen LogP contribution in [0.3, 0.4) is 0 Å². The second-order valence-corrected chi connectivity index (χ2v) is 6.87. The van der Waals surface area contributed by atoms with Crippen LogP contribution in [0.1, 0.15) is 20.8 Å². The molecule has 0 saturated carbocycles. The molecule has 0 radical (unpaired) electrons. The summed E-state index contributed by atoms with van der Waals surface area (Å²) in [5.41, 5.74) is 1.93. The lowest BCUT2D eigenvalue weighted by Crippen LogP contribution is -2.27. The van der Waals surface area contributed by atoms with Crippen LogP contribution < -0.4 is 9.64 Å². The smallest absolute Gasteiger partial charge is 0.266 e. The van der Waals surface area contributed by atoms with E-state index in [1.54, 1.807) is 4.90 Å². The number of thioether (sulfide) groups is 1. The fraction of sp³-hybridized carbons (Fsp3) is 0.294. The summed E-state index contributed by atoms with van der Waals surface area (Å²) in [5.74, 6) is 1.57. The molecule has 2 heterocycles. The Hall–Kier alpha value is -1.79. The van der Waals surface area contributed by atoms with Crippen molar-refractivity contribution in [3.8, 4) is 5.75 Å². The van der Waals surface area contributed by atoms with E-state index < -0.39 is 0 Å². The first-order chi connectivity index (χ1) is 11.1. The number of hydrogen-bond acceptors (Lipinski definition) is 5. The average Bonchev–Trinajstić information content (AvgIpc) is 3.03. The molecule has 2 aliphatic heterocycles. The van der Waals surface area contributed by atoms with E-state index in [0.717, 1.165) is 29.4 Å². The first-order valence-corrected chi connectivity index (χ1v) is 8.80. The highest BCUT2D eigenvalue weighted by atomic mass is 32.2. The predicted molar refractivity (Wildman–Crippen MR) is 98.4 cm³/mol. The Bertz CT molecular complexity index is 740. The van der Waals surface area contributed by atoms with E-state index in [-0.39, 0.29) is 5.91 Å². The molecule has 2 aliphatic rings. The number of para-hydroxylation sites is 2. The van der Waals surface area contributed by atoms with Crippen molar-refractivity contribution in [2.45, 2.75) is 20.8 Å². The summed E-state index contributed by atoms with van der Waals surface area (Å²) in [6.45, 7) is 7.32. The molecular weight excluding hydrogens is 328 g/mol. The molecular formula is C17H18N2O2S2. The first-order valence-electron chi connectivity index (χ1n) is 7.57. The van der Waals surface area contributed by atoms with Crippen LogP contribution in [0.5, 0.6) is 5.75 Å². The maximum absolute atomic E-state index is 12.4. The van der Waals surface area contributed by atoms with Crippen LogP contribution >= 0.6 is 24.0 Å². The highest BCUT2D eigenvalue weighted by molar-refractivity contribution is 8.26. The van der Waals surface area contributed by atoms with Crippen LogP contribution in [-0.4, -0.2) is 28.2 Å². The SMILES string of the molecule is CCN1C(=O)/C(=C(C)/C=C2/Oc3ccccc3N2CC)SC1=S. The maximum atomic E-state index is 12.4. The normalized spacial score (nSPS) is 21.1. The number of carbonyl (C=O) groups excluding carboxylic acids is 1. The van der Waals surface area contributed by atoms with Gasteiger partial charge in [-0.05, 0) is 38.5 Å². The Labute approximate surface area is 145 Å². The van der Waals surface area contributed by atoms with E-state index in [1.165, 1.54) is 11.8 Å². The van der Waals surface area contributed by atoms with Gasteiger partial charge in [-0.3, -0.25) is 9.69 Å². The van der Waals surface area contributed by atoms with Crippen LogP contribution in [0.2, 0.25) is 0 Å². The van der Waals surface area contributed by atoms with E-state index >= 15 is 0 Å². The average molecular weight is 346 g/mol. The van der Waals surface area contributed by atoms with Crippen molar-refractivity contribution in [2.75, 3.05) is 18.0 Å². The molecule has 1 saturated heterocycles. The van der Waals surface area contributed by atoms with Crippen molar-refractivity contribution < 1.29 is 9.53 Å². The summed E-state index contributed by atoms with van der Waals surface area (Å²) >= 11 is 6.63. The third-order valence-electron chi connectivity index (χ3n) is 3.82. The Morgan fingerprint density at radius 2 is 1.96 bits per heavy atom. The number of thiocarbonyl (C=S) groups is 1. The monoisotopic (exact) mass is 346 g/mol. The molecule has 1 amide bonds. The lowest BCUT2D eigenvalue weighted by Gasteiger charge is -2.15. The number of amides is 1. The van der Waals surface area contributed by atoms with Crippen LogP contribution in [0.25, 0.3) is 0 Å². The number of hydrogen-bond donors (Lipinski definition) is 0. The molecule has 120 valence electrons. The molecule has 0 atom stereocenters. The third kappa shape index (κ3) is 2.77. The minimum Gasteiger partial charge on any atom is -0.439 e. The molecule has 4 nitrogen and oxygen atoms in total. The first kappa shape index (κ1) is 16.1.